The van der Waals surface area contributed by atoms with Gasteiger partial charge in [0.05, 0.1) is 11.5 Å². The molecule has 0 bridgehead atoms. The van der Waals surface area contributed by atoms with Crippen molar-refractivity contribution in [2.24, 2.45) is 0 Å². The number of H-pyrrole nitrogens is 1. The number of aryl methyl sites for hydroxylation is 1. The Labute approximate surface area is 121 Å². The smallest absolute Gasteiger partial charge is 0.264 e. The number of nitrogens with one attached hydrogen (secondary N) is 2. The van der Waals surface area contributed by atoms with Crippen LogP contribution in [0.25, 0.3) is 0 Å². The number of hydrogen-bond acceptors (Lipinski definition) is 5. The third-order valence-electron chi connectivity index (χ3n) is 2.96. The number of hydrogen-bond donors (Lipinski definition) is 3. The molecular formula is C13H15N3O4S. The fourth-order valence-electron chi connectivity index (χ4n) is 1.86. The summed E-state index contributed by atoms with van der Waals surface area (Å²) in [6.07, 6.45) is 0.700. The predicted molar refractivity (Wildman–Crippen MR) is 77.4 cm³/mol. The topological polar surface area (TPSA) is 112 Å². The average Bonchev–Trinajstić information content (AvgIpc) is 2.48. The molecule has 2 rings (SSSR count). The van der Waals surface area contributed by atoms with E-state index >= 15 is 0 Å². The Bertz CT molecular complexity index is 779. The largest absolute Gasteiger partial charge is 0.392 e. The van der Waals surface area contributed by atoms with Crippen molar-refractivity contribution in [1.82, 2.24) is 10.2 Å². The van der Waals surface area contributed by atoms with Crippen molar-refractivity contribution in [3.05, 3.63) is 51.8 Å². The van der Waals surface area contributed by atoms with Crippen LogP contribution in [0.4, 0.5) is 5.82 Å². The molecule has 1 heterocycles. The fraction of sp³-hybridized carbons (Fsp3) is 0.231. The average molecular weight is 309 g/mol. The highest BCUT2D eigenvalue weighted by atomic mass is 32.2. The molecule has 0 aliphatic heterocycles. The lowest BCUT2D eigenvalue weighted by Crippen LogP contribution is -2.16. The van der Waals surface area contributed by atoms with E-state index in [4.69, 9.17) is 0 Å². The van der Waals surface area contributed by atoms with E-state index in [1.54, 1.807) is 6.07 Å². The zero-order valence-electron chi connectivity index (χ0n) is 11.3. The second kappa shape index (κ2) is 6.06. The van der Waals surface area contributed by atoms with Gasteiger partial charge in [-0.05, 0) is 35.7 Å². The Balaban J connectivity index is 2.35. The Morgan fingerprint density at radius 1 is 1.24 bits per heavy atom. The first-order valence-electron chi connectivity index (χ1n) is 6.27. The lowest BCUT2D eigenvalue weighted by Gasteiger charge is -2.10. The molecule has 8 heteroatoms. The van der Waals surface area contributed by atoms with E-state index in [0.29, 0.717) is 12.0 Å². The van der Waals surface area contributed by atoms with Crippen LogP contribution in [0.5, 0.6) is 0 Å². The van der Waals surface area contributed by atoms with Crippen LogP contribution in [0.3, 0.4) is 0 Å². The normalized spacial score (nSPS) is 11.3. The maximum Gasteiger partial charge on any atom is 0.264 e. The van der Waals surface area contributed by atoms with Gasteiger partial charge in [0, 0.05) is 6.07 Å². The molecule has 0 aliphatic carbocycles. The second-order valence-corrected chi connectivity index (χ2v) is 6.04. The Morgan fingerprint density at radius 3 is 2.57 bits per heavy atom. The number of anilines is 1. The summed E-state index contributed by atoms with van der Waals surface area (Å²) in [5, 5.41) is 15.0. The number of nitrogens with zero attached hydrogens (tertiary/aromatic N) is 1. The molecule has 3 N–H and O–H groups in total. The van der Waals surface area contributed by atoms with Gasteiger partial charge in [0.2, 0.25) is 0 Å². The number of aromatic amines is 1. The number of aromatic nitrogens is 2. The van der Waals surface area contributed by atoms with Gasteiger partial charge in [-0.2, -0.15) is 5.10 Å². The molecule has 1 aromatic carbocycles. The minimum absolute atomic E-state index is 0.0136. The molecule has 0 saturated heterocycles. The van der Waals surface area contributed by atoms with Gasteiger partial charge in [0.25, 0.3) is 15.6 Å². The van der Waals surface area contributed by atoms with Crippen LogP contribution in [0.15, 0.2) is 40.0 Å². The fourth-order valence-corrected chi connectivity index (χ4v) is 2.91. The number of sulfonamides is 1. The van der Waals surface area contributed by atoms with Gasteiger partial charge in [-0.1, -0.05) is 13.0 Å². The maximum absolute atomic E-state index is 12.2. The highest BCUT2D eigenvalue weighted by Crippen LogP contribution is 2.18. The van der Waals surface area contributed by atoms with Crippen LogP contribution in [-0.2, 0) is 23.1 Å². The number of rotatable bonds is 5. The number of aliphatic hydroxyl groups excluding tert-OH is 1. The lowest BCUT2D eigenvalue weighted by atomic mass is 10.1. The van der Waals surface area contributed by atoms with Crippen molar-refractivity contribution in [2.45, 2.75) is 24.8 Å². The van der Waals surface area contributed by atoms with Crippen LogP contribution in [0, 0.1) is 0 Å². The van der Waals surface area contributed by atoms with E-state index in [1.165, 1.54) is 24.3 Å². The molecule has 21 heavy (non-hydrogen) atoms. The number of aliphatic hydroxyl groups is 1. The molecule has 0 saturated carbocycles. The monoisotopic (exact) mass is 309 g/mol. The highest BCUT2D eigenvalue weighted by molar-refractivity contribution is 7.92. The summed E-state index contributed by atoms with van der Waals surface area (Å²) in [5.74, 6) is 0.0136. The van der Waals surface area contributed by atoms with Crippen LogP contribution in [-0.4, -0.2) is 23.7 Å². The number of benzene rings is 1. The van der Waals surface area contributed by atoms with Crippen LogP contribution < -0.4 is 10.3 Å². The first-order valence-corrected chi connectivity index (χ1v) is 7.76. The van der Waals surface area contributed by atoms with E-state index in [0.717, 1.165) is 5.56 Å². The van der Waals surface area contributed by atoms with Crippen LogP contribution >= 0.6 is 0 Å². The molecule has 112 valence electrons. The summed E-state index contributed by atoms with van der Waals surface area (Å²) in [4.78, 5) is 10.9. The Hall–Kier alpha value is -2.19. The van der Waals surface area contributed by atoms with Gasteiger partial charge in [-0.3, -0.25) is 9.52 Å². The third kappa shape index (κ3) is 3.47. The quantitative estimate of drug-likeness (QED) is 0.749. The second-order valence-electron chi connectivity index (χ2n) is 4.35. The summed E-state index contributed by atoms with van der Waals surface area (Å²) in [7, 11) is -3.83. The van der Waals surface area contributed by atoms with Gasteiger partial charge < -0.3 is 5.11 Å². The standard InChI is InChI=1S/C13H15N3O4S/c1-2-9-3-4-11(7-10(9)8-17)21(19,20)16-12-5-6-13(18)15-14-12/h3-7,17H,2,8H2,1H3,(H,14,16)(H,15,18). The molecule has 0 amide bonds. The summed E-state index contributed by atoms with van der Waals surface area (Å²) in [6.45, 7) is 1.69. The van der Waals surface area contributed by atoms with Crippen molar-refractivity contribution in [2.75, 3.05) is 4.72 Å². The molecular weight excluding hydrogens is 294 g/mol. The predicted octanol–water partition coefficient (Wildman–Crippen LogP) is 0.625. The molecule has 0 atom stereocenters. The summed E-state index contributed by atoms with van der Waals surface area (Å²) in [5.41, 5.74) is 1.03. The molecule has 0 spiro atoms. The maximum atomic E-state index is 12.2. The van der Waals surface area contributed by atoms with Gasteiger partial charge >= 0.3 is 0 Å². The van der Waals surface area contributed by atoms with E-state index in [-0.39, 0.29) is 17.3 Å². The van der Waals surface area contributed by atoms with Crippen molar-refractivity contribution in [3.8, 4) is 0 Å². The van der Waals surface area contributed by atoms with E-state index in [2.05, 4.69) is 14.9 Å². The van der Waals surface area contributed by atoms with Gasteiger partial charge in [-0.15, -0.1) is 0 Å². The van der Waals surface area contributed by atoms with Gasteiger partial charge in [-0.25, -0.2) is 13.5 Å². The molecule has 0 unspecified atom stereocenters. The zero-order valence-corrected chi connectivity index (χ0v) is 12.1. The summed E-state index contributed by atoms with van der Waals surface area (Å²) in [6, 6.07) is 6.99. The molecule has 7 nitrogen and oxygen atoms in total. The molecule has 0 aliphatic rings. The van der Waals surface area contributed by atoms with Crippen LogP contribution in [0.1, 0.15) is 18.1 Å². The SMILES string of the molecule is CCc1ccc(S(=O)(=O)Nc2ccc(=O)[nH]n2)cc1CO. The van der Waals surface area contributed by atoms with Crippen molar-refractivity contribution < 1.29 is 13.5 Å². The zero-order chi connectivity index (χ0) is 15.5. The minimum atomic E-state index is -3.83. The van der Waals surface area contributed by atoms with E-state index < -0.39 is 15.6 Å². The first-order chi connectivity index (χ1) is 9.96. The van der Waals surface area contributed by atoms with E-state index in [1.807, 2.05) is 6.92 Å². The molecule has 2 aromatic rings. The van der Waals surface area contributed by atoms with E-state index in [9.17, 15) is 18.3 Å². The first kappa shape index (κ1) is 15.2. The van der Waals surface area contributed by atoms with Crippen LogP contribution in [0.2, 0.25) is 0 Å². The van der Waals surface area contributed by atoms with Crippen molar-refractivity contribution in [3.63, 3.8) is 0 Å². The highest BCUT2D eigenvalue weighted by Gasteiger charge is 2.16. The lowest BCUT2D eigenvalue weighted by molar-refractivity contribution is 0.280. The molecule has 0 radical (unpaired) electrons. The summed E-state index contributed by atoms with van der Waals surface area (Å²) < 4.78 is 26.7. The third-order valence-corrected chi connectivity index (χ3v) is 4.31. The minimum Gasteiger partial charge on any atom is -0.392 e. The Morgan fingerprint density at radius 2 is 2.00 bits per heavy atom. The van der Waals surface area contributed by atoms with Crippen molar-refractivity contribution >= 4 is 15.8 Å². The molecule has 1 aromatic heterocycles. The molecule has 0 fully saturated rings. The van der Waals surface area contributed by atoms with Gasteiger partial charge in [0.1, 0.15) is 0 Å². The Kier molecular flexibility index (Phi) is 4.39. The van der Waals surface area contributed by atoms with Crippen molar-refractivity contribution in [1.29, 1.82) is 0 Å². The summed E-state index contributed by atoms with van der Waals surface area (Å²) >= 11 is 0. The van der Waals surface area contributed by atoms with Gasteiger partial charge in [0.15, 0.2) is 5.82 Å².